The summed E-state index contributed by atoms with van der Waals surface area (Å²) in [4.78, 5) is 30.5. The van der Waals surface area contributed by atoms with Crippen LogP contribution in [-0.4, -0.2) is 43.0 Å². The molecular formula is C26H24N4O5. The number of carbonyl (C=O) groups excluding carboxylic acids is 1. The number of para-hydroxylation sites is 2. The lowest BCUT2D eigenvalue weighted by Gasteiger charge is -2.13. The smallest absolute Gasteiger partial charge is 0.278 e. The van der Waals surface area contributed by atoms with Crippen molar-refractivity contribution < 1.29 is 19.0 Å². The Morgan fingerprint density at radius 3 is 2.29 bits per heavy atom. The van der Waals surface area contributed by atoms with Gasteiger partial charge in [0, 0.05) is 11.1 Å². The average Bonchev–Trinajstić information content (AvgIpc) is 2.90. The van der Waals surface area contributed by atoms with E-state index in [2.05, 4.69) is 15.5 Å². The van der Waals surface area contributed by atoms with Crippen LogP contribution < -0.4 is 25.2 Å². The molecule has 0 aliphatic heterocycles. The average molecular weight is 473 g/mol. The van der Waals surface area contributed by atoms with Crippen molar-refractivity contribution in [1.29, 1.82) is 0 Å². The number of aromatic nitrogens is 2. The number of hydrogen-bond acceptors (Lipinski definition) is 7. The van der Waals surface area contributed by atoms with Gasteiger partial charge in [0.25, 0.3) is 11.5 Å². The SMILES string of the molecule is COc1cc(/C=N/NC(=O)Cn2c(=O)c(-c3ccccc3)nc3ccccc32)cc(OC)c1OC. The van der Waals surface area contributed by atoms with Gasteiger partial charge >= 0.3 is 0 Å². The Morgan fingerprint density at radius 2 is 1.63 bits per heavy atom. The number of hydrazone groups is 1. The topological polar surface area (TPSA) is 104 Å². The minimum absolute atomic E-state index is 0.228. The van der Waals surface area contributed by atoms with Crippen molar-refractivity contribution in [2.75, 3.05) is 21.3 Å². The molecule has 3 aromatic carbocycles. The second-order valence-corrected chi connectivity index (χ2v) is 7.46. The zero-order chi connectivity index (χ0) is 24.8. The van der Waals surface area contributed by atoms with E-state index < -0.39 is 5.91 Å². The highest BCUT2D eigenvalue weighted by molar-refractivity contribution is 5.85. The van der Waals surface area contributed by atoms with E-state index in [9.17, 15) is 9.59 Å². The van der Waals surface area contributed by atoms with Gasteiger partial charge in [-0.05, 0) is 24.3 Å². The first-order valence-electron chi connectivity index (χ1n) is 10.7. The summed E-state index contributed by atoms with van der Waals surface area (Å²) in [6, 6.07) is 19.7. The Morgan fingerprint density at radius 1 is 0.971 bits per heavy atom. The Hall–Kier alpha value is -4.66. The van der Waals surface area contributed by atoms with Crippen molar-refractivity contribution in [2.24, 2.45) is 5.10 Å². The van der Waals surface area contributed by atoms with Crippen LogP contribution in [0.3, 0.4) is 0 Å². The number of nitrogens with zero attached hydrogens (tertiary/aromatic N) is 3. The molecule has 4 rings (SSSR count). The van der Waals surface area contributed by atoms with Gasteiger partial charge in [0.2, 0.25) is 5.75 Å². The molecule has 0 aliphatic carbocycles. The summed E-state index contributed by atoms with van der Waals surface area (Å²) in [7, 11) is 4.54. The Balaban J connectivity index is 1.60. The molecule has 0 spiro atoms. The number of carbonyl (C=O) groups is 1. The normalized spacial score (nSPS) is 10.9. The van der Waals surface area contributed by atoms with Crippen LogP contribution in [0.1, 0.15) is 5.56 Å². The quantitative estimate of drug-likeness (QED) is 0.312. The lowest BCUT2D eigenvalue weighted by atomic mass is 10.1. The van der Waals surface area contributed by atoms with Gasteiger partial charge in [-0.25, -0.2) is 10.4 Å². The number of methoxy groups -OCH3 is 3. The summed E-state index contributed by atoms with van der Waals surface area (Å²) < 4.78 is 17.4. The number of nitrogens with one attached hydrogen (secondary N) is 1. The minimum Gasteiger partial charge on any atom is -0.493 e. The monoisotopic (exact) mass is 472 g/mol. The van der Waals surface area contributed by atoms with E-state index in [1.54, 1.807) is 30.3 Å². The fourth-order valence-electron chi connectivity index (χ4n) is 3.67. The Labute approximate surface area is 201 Å². The first-order valence-corrected chi connectivity index (χ1v) is 10.7. The van der Waals surface area contributed by atoms with E-state index in [4.69, 9.17) is 14.2 Å². The van der Waals surface area contributed by atoms with E-state index in [0.717, 1.165) is 0 Å². The van der Waals surface area contributed by atoms with Crippen LogP contribution in [0.25, 0.3) is 22.3 Å². The predicted molar refractivity (Wildman–Crippen MR) is 133 cm³/mol. The lowest BCUT2D eigenvalue weighted by Crippen LogP contribution is -2.31. The molecule has 1 aromatic heterocycles. The van der Waals surface area contributed by atoms with Gasteiger partial charge in [-0.2, -0.15) is 5.10 Å². The maximum absolute atomic E-state index is 13.3. The van der Waals surface area contributed by atoms with Gasteiger partial charge in [-0.15, -0.1) is 0 Å². The number of ether oxygens (including phenoxy) is 3. The van der Waals surface area contributed by atoms with Crippen molar-refractivity contribution in [2.45, 2.75) is 6.54 Å². The number of fused-ring (bicyclic) bond motifs is 1. The molecule has 9 nitrogen and oxygen atoms in total. The number of hydrogen-bond donors (Lipinski definition) is 1. The fourth-order valence-corrected chi connectivity index (χ4v) is 3.67. The summed E-state index contributed by atoms with van der Waals surface area (Å²) >= 11 is 0. The third kappa shape index (κ3) is 4.98. The predicted octanol–water partition coefficient (Wildman–Crippen LogP) is 3.24. The van der Waals surface area contributed by atoms with Crippen LogP contribution in [0.2, 0.25) is 0 Å². The lowest BCUT2D eigenvalue weighted by molar-refractivity contribution is -0.121. The van der Waals surface area contributed by atoms with Crippen molar-refractivity contribution in [1.82, 2.24) is 15.0 Å². The molecule has 0 atom stereocenters. The second kappa shape index (κ2) is 10.5. The summed E-state index contributed by atoms with van der Waals surface area (Å²) in [6.45, 7) is -0.228. The molecule has 9 heteroatoms. The Bertz CT molecular complexity index is 1420. The largest absolute Gasteiger partial charge is 0.493 e. The first kappa shape index (κ1) is 23.5. The first-order chi connectivity index (χ1) is 17.0. The molecule has 35 heavy (non-hydrogen) atoms. The molecular weight excluding hydrogens is 448 g/mol. The fraction of sp³-hybridized carbons (Fsp3) is 0.154. The van der Waals surface area contributed by atoms with Gasteiger partial charge in [-0.1, -0.05) is 42.5 Å². The van der Waals surface area contributed by atoms with Crippen LogP contribution in [0.5, 0.6) is 17.2 Å². The molecule has 1 heterocycles. The number of benzene rings is 3. The maximum atomic E-state index is 13.3. The second-order valence-electron chi connectivity index (χ2n) is 7.46. The van der Waals surface area contributed by atoms with Crippen molar-refractivity contribution in [3.63, 3.8) is 0 Å². The zero-order valence-electron chi connectivity index (χ0n) is 19.5. The van der Waals surface area contributed by atoms with E-state index in [0.29, 0.717) is 39.4 Å². The van der Waals surface area contributed by atoms with Crippen LogP contribution in [0, 0.1) is 0 Å². The molecule has 0 aliphatic rings. The molecule has 0 saturated heterocycles. The van der Waals surface area contributed by atoms with E-state index in [1.807, 2.05) is 36.4 Å². The van der Waals surface area contributed by atoms with Crippen molar-refractivity contribution in [3.05, 3.63) is 82.6 Å². The van der Waals surface area contributed by atoms with Gasteiger partial charge in [0.15, 0.2) is 11.5 Å². The molecule has 0 fully saturated rings. The summed E-state index contributed by atoms with van der Waals surface area (Å²) in [6.07, 6.45) is 1.45. The molecule has 1 N–H and O–H groups in total. The number of rotatable bonds is 8. The van der Waals surface area contributed by atoms with E-state index in [-0.39, 0.29) is 17.8 Å². The molecule has 0 radical (unpaired) electrons. The molecule has 4 aromatic rings. The molecule has 0 saturated carbocycles. The summed E-state index contributed by atoms with van der Waals surface area (Å²) in [5.41, 5.74) is 4.85. The third-order valence-corrected chi connectivity index (χ3v) is 5.29. The zero-order valence-corrected chi connectivity index (χ0v) is 19.5. The van der Waals surface area contributed by atoms with Crippen LogP contribution in [0.15, 0.2) is 76.6 Å². The molecule has 0 unspecified atom stereocenters. The highest BCUT2D eigenvalue weighted by atomic mass is 16.5. The van der Waals surface area contributed by atoms with E-state index >= 15 is 0 Å². The van der Waals surface area contributed by atoms with Crippen molar-refractivity contribution >= 4 is 23.2 Å². The van der Waals surface area contributed by atoms with Crippen LogP contribution in [0.4, 0.5) is 0 Å². The standard InChI is InChI=1S/C26H24N4O5/c1-33-21-13-17(14-22(34-2)25(21)35-3)15-27-29-23(31)16-30-20-12-8-7-11-19(20)28-24(26(30)32)18-9-5-4-6-10-18/h4-15H,16H2,1-3H3,(H,29,31)/b27-15+. The van der Waals surface area contributed by atoms with Gasteiger partial charge in [-0.3, -0.25) is 14.2 Å². The summed E-state index contributed by atoms with van der Waals surface area (Å²) in [5, 5.41) is 4.03. The van der Waals surface area contributed by atoms with Crippen molar-refractivity contribution in [3.8, 4) is 28.5 Å². The van der Waals surface area contributed by atoms with Gasteiger partial charge in [0.05, 0.1) is 38.6 Å². The van der Waals surface area contributed by atoms with Gasteiger partial charge < -0.3 is 14.2 Å². The van der Waals surface area contributed by atoms with Crippen LogP contribution >= 0.6 is 0 Å². The van der Waals surface area contributed by atoms with E-state index in [1.165, 1.54) is 32.1 Å². The van der Waals surface area contributed by atoms with Crippen LogP contribution in [-0.2, 0) is 11.3 Å². The molecule has 1 amide bonds. The maximum Gasteiger partial charge on any atom is 0.278 e. The highest BCUT2D eigenvalue weighted by Gasteiger charge is 2.15. The third-order valence-electron chi connectivity index (χ3n) is 5.29. The minimum atomic E-state index is -0.467. The number of amides is 1. The molecule has 0 bridgehead atoms. The Kier molecular flexibility index (Phi) is 7.06. The molecule has 178 valence electrons. The highest BCUT2D eigenvalue weighted by Crippen LogP contribution is 2.37. The van der Waals surface area contributed by atoms with Gasteiger partial charge in [0.1, 0.15) is 12.2 Å². The summed E-state index contributed by atoms with van der Waals surface area (Å²) in [5.74, 6) is 0.909.